The van der Waals surface area contributed by atoms with Crippen LogP contribution in [0.2, 0.25) is 10.0 Å². The van der Waals surface area contributed by atoms with Crippen molar-refractivity contribution in [1.82, 2.24) is 15.0 Å². The number of benzene rings is 1. The molecule has 2 rings (SSSR count). The highest BCUT2D eigenvalue weighted by Crippen LogP contribution is 2.37. The molecular weight excluding hydrogens is 418 g/mol. The van der Waals surface area contributed by atoms with Gasteiger partial charge in [0.05, 0.1) is 27.5 Å². The number of rotatable bonds is 5. The van der Waals surface area contributed by atoms with Crippen molar-refractivity contribution in [2.24, 2.45) is 4.99 Å². The highest BCUT2D eigenvalue weighted by molar-refractivity contribution is 6.52. The average molecular weight is 426 g/mol. The molecule has 0 aliphatic carbocycles. The minimum atomic E-state index is -4.59. The van der Waals surface area contributed by atoms with Gasteiger partial charge in [0.1, 0.15) is 17.8 Å². The Morgan fingerprint density at radius 3 is 2.43 bits per heavy atom. The first-order valence-electron chi connectivity index (χ1n) is 7.27. The van der Waals surface area contributed by atoms with Gasteiger partial charge in [-0.05, 0) is 12.1 Å². The fourth-order valence-electron chi connectivity index (χ4n) is 1.92. The molecule has 7 nitrogen and oxygen atoms in total. The predicted molar refractivity (Wildman–Crippen MR) is 95.6 cm³/mol. The van der Waals surface area contributed by atoms with E-state index in [-0.39, 0.29) is 27.9 Å². The van der Waals surface area contributed by atoms with E-state index in [9.17, 15) is 13.2 Å². The van der Waals surface area contributed by atoms with Gasteiger partial charge in [-0.2, -0.15) is 33.9 Å². The molecule has 2 aromatic rings. The van der Waals surface area contributed by atoms with Crippen molar-refractivity contribution in [1.29, 1.82) is 15.9 Å². The molecule has 0 aliphatic rings. The van der Waals surface area contributed by atoms with Gasteiger partial charge in [0, 0.05) is 12.6 Å². The lowest BCUT2D eigenvalue weighted by atomic mass is 10.2. The number of aromatic nitrogens is 3. The quantitative estimate of drug-likeness (QED) is 0.723. The van der Waals surface area contributed by atoms with E-state index in [1.54, 1.807) is 6.07 Å². The van der Waals surface area contributed by atoms with Crippen molar-refractivity contribution >= 4 is 34.6 Å². The van der Waals surface area contributed by atoms with Crippen molar-refractivity contribution in [3.8, 4) is 17.8 Å². The molecule has 0 saturated heterocycles. The third-order valence-electron chi connectivity index (χ3n) is 3.17. The minimum Gasteiger partial charge on any atom is -0.288 e. The number of halogens is 5. The number of nitrogens with zero attached hydrogens (tertiary/aromatic N) is 6. The smallest absolute Gasteiger partial charge is 0.288 e. The number of hydrogen-bond acceptors (Lipinski definition) is 6. The third-order valence-corrected chi connectivity index (χ3v) is 3.75. The molecule has 1 aromatic carbocycles. The van der Waals surface area contributed by atoms with Gasteiger partial charge in [-0.1, -0.05) is 29.3 Å². The molecule has 142 valence electrons. The molecule has 0 spiro atoms. The molecule has 0 unspecified atom stereocenters. The van der Waals surface area contributed by atoms with Crippen LogP contribution >= 0.6 is 23.2 Å². The molecule has 0 atom stereocenters. The standard InChI is InChI=1S/C16H8Cl2F3N7/c17-11-4-9(16(19,20)21)5-12(18)15(11)28-26-8-10(27-28)2-1-3-25-14(7-23)13(24)6-22/h1,3-5,8,24H,2H2. The van der Waals surface area contributed by atoms with Gasteiger partial charge in [0.25, 0.3) is 0 Å². The third kappa shape index (κ3) is 4.94. The van der Waals surface area contributed by atoms with E-state index in [4.69, 9.17) is 39.1 Å². The van der Waals surface area contributed by atoms with E-state index in [0.717, 1.165) is 16.9 Å². The van der Waals surface area contributed by atoms with Crippen molar-refractivity contribution in [2.45, 2.75) is 12.6 Å². The topological polar surface area (TPSA) is 115 Å². The van der Waals surface area contributed by atoms with Crippen molar-refractivity contribution in [3.05, 3.63) is 51.9 Å². The first-order chi connectivity index (χ1) is 13.2. The molecule has 0 aliphatic heterocycles. The van der Waals surface area contributed by atoms with E-state index in [0.29, 0.717) is 5.69 Å². The Hall–Kier alpha value is -3.21. The molecule has 1 N–H and O–H groups in total. The molecular formula is C16H8Cl2F3N7. The van der Waals surface area contributed by atoms with Crippen LogP contribution in [0.15, 0.2) is 35.6 Å². The summed E-state index contributed by atoms with van der Waals surface area (Å²) in [6.45, 7) is 0. The predicted octanol–water partition coefficient (Wildman–Crippen LogP) is 4.16. The summed E-state index contributed by atoms with van der Waals surface area (Å²) in [5.41, 5.74) is -1.49. The van der Waals surface area contributed by atoms with E-state index in [1.807, 2.05) is 0 Å². The van der Waals surface area contributed by atoms with Crippen LogP contribution in [0.3, 0.4) is 0 Å². The Kier molecular flexibility index (Phi) is 6.52. The minimum absolute atomic E-state index is 0.00109. The van der Waals surface area contributed by atoms with Gasteiger partial charge in [-0.25, -0.2) is 4.99 Å². The maximum Gasteiger partial charge on any atom is 0.416 e. The fraction of sp³-hybridized carbons (Fsp3) is 0.125. The summed E-state index contributed by atoms with van der Waals surface area (Å²) in [5, 5.41) is 32.0. The maximum atomic E-state index is 12.8. The Balaban J connectivity index is 2.21. The number of nitrogens with one attached hydrogen (secondary N) is 1. The molecule has 0 saturated carbocycles. The van der Waals surface area contributed by atoms with Crippen molar-refractivity contribution in [2.75, 3.05) is 0 Å². The van der Waals surface area contributed by atoms with Crippen LogP contribution in [0.4, 0.5) is 13.2 Å². The van der Waals surface area contributed by atoms with Crippen molar-refractivity contribution in [3.63, 3.8) is 0 Å². The zero-order valence-corrected chi connectivity index (χ0v) is 15.2. The van der Waals surface area contributed by atoms with Crippen LogP contribution in [0, 0.1) is 28.1 Å². The van der Waals surface area contributed by atoms with Crippen LogP contribution in [0.1, 0.15) is 11.3 Å². The molecule has 12 heteroatoms. The molecule has 0 amide bonds. The number of hydrogen-bond donors (Lipinski definition) is 1. The van der Waals surface area contributed by atoms with Crippen LogP contribution in [0.25, 0.3) is 5.69 Å². The Labute approximate surface area is 166 Å². The number of alkyl halides is 3. The lowest BCUT2D eigenvalue weighted by Gasteiger charge is -2.11. The monoisotopic (exact) mass is 425 g/mol. The summed E-state index contributed by atoms with van der Waals surface area (Å²) < 4.78 is 38.4. The maximum absolute atomic E-state index is 12.8. The normalized spacial score (nSPS) is 12.0. The number of nitriles is 2. The zero-order chi connectivity index (χ0) is 20.9. The van der Waals surface area contributed by atoms with Crippen LogP contribution in [0.5, 0.6) is 0 Å². The zero-order valence-electron chi connectivity index (χ0n) is 13.7. The van der Waals surface area contributed by atoms with E-state index in [1.165, 1.54) is 24.5 Å². The summed E-state index contributed by atoms with van der Waals surface area (Å²) in [7, 11) is 0. The Morgan fingerprint density at radius 2 is 1.89 bits per heavy atom. The van der Waals surface area contributed by atoms with Gasteiger partial charge < -0.3 is 0 Å². The van der Waals surface area contributed by atoms with Gasteiger partial charge in [0.15, 0.2) is 11.4 Å². The van der Waals surface area contributed by atoms with Crippen LogP contribution in [-0.4, -0.2) is 26.4 Å². The second kappa shape index (κ2) is 8.65. The first kappa shape index (κ1) is 21.1. The molecule has 0 radical (unpaired) electrons. The summed E-state index contributed by atoms with van der Waals surface area (Å²) in [6, 6.07) is 4.57. The molecule has 1 aromatic heterocycles. The lowest BCUT2D eigenvalue weighted by Crippen LogP contribution is -2.08. The van der Waals surface area contributed by atoms with Gasteiger partial charge in [-0.3, -0.25) is 5.41 Å². The van der Waals surface area contributed by atoms with Crippen molar-refractivity contribution < 1.29 is 13.2 Å². The highest BCUT2D eigenvalue weighted by atomic mass is 35.5. The fourth-order valence-corrected chi connectivity index (χ4v) is 2.56. The van der Waals surface area contributed by atoms with Crippen LogP contribution < -0.4 is 0 Å². The Morgan fingerprint density at radius 1 is 1.25 bits per heavy atom. The largest absolute Gasteiger partial charge is 0.416 e. The summed E-state index contributed by atoms with van der Waals surface area (Å²) >= 11 is 11.8. The highest BCUT2D eigenvalue weighted by Gasteiger charge is 2.32. The van der Waals surface area contributed by atoms with Crippen LogP contribution in [-0.2, 0) is 12.6 Å². The summed E-state index contributed by atoms with van der Waals surface area (Å²) in [5.74, 6) is 0. The molecule has 0 fully saturated rings. The average Bonchev–Trinajstić information content (AvgIpc) is 3.08. The molecule has 28 heavy (non-hydrogen) atoms. The number of allylic oxidation sites excluding steroid dienone is 1. The lowest BCUT2D eigenvalue weighted by molar-refractivity contribution is -0.137. The molecule has 1 heterocycles. The summed E-state index contributed by atoms with van der Waals surface area (Å²) in [4.78, 5) is 4.68. The Bertz CT molecular complexity index is 1030. The first-order valence-corrected chi connectivity index (χ1v) is 8.02. The SMILES string of the molecule is N#CC(=N)C(C#N)=NC=CCc1cnn(-c2c(Cl)cc(C(F)(F)F)cc2Cl)n1. The second-order valence-corrected chi connectivity index (χ2v) is 5.89. The molecule has 0 bridgehead atoms. The second-order valence-electron chi connectivity index (χ2n) is 5.08. The van der Waals surface area contributed by atoms with E-state index < -0.39 is 17.5 Å². The van der Waals surface area contributed by atoms with Gasteiger partial charge >= 0.3 is 6.18 Å². The van der Waals surface area contributed by atoms with Gasteiger partial charge in [0.2, 0.25) is 0 Å². The van der Waals surface area contributed by atoms with Gasteiger partial charge in [-0.15, -0.1) is 4.80 Å². The number of aliphatic imine (C=N–C) groups is 1. The van der Waals surface area contributed by atoms with E-state index >= 15 is 0 Å². The van der Waals surface area contributed by atoms with E-state index in [2.05, 4.69) is 15.2 Å². The summed E-state index contributed by atoms with van der Waals surface area (Å²) in [6.07, 6.45) is -0.323.